The molecular formula is C33H25ClN6O2. The van der Waals surface area contributed by atoms with Crippen molar-refractivity contribution < 1.29 is 0 Å². The molecule has 7 aromatic rings. The highest BCUT2D eigenvalue weighted by molar-refractivity contribution is 6.36. The molecule has 206 valence electrons. The molecule has 0 radical (unpaired) electrons. The molecule has 0 saturated carbocycles. The van der Waals surface area contributed by atoms with E-state index >= 15 is 0 Å². The molecule has 7 rings (SSSR count). The van der Waals surface area contributed by atoms with Crippen LogP contribution in [0.2, 0.25) is 5.02 Å². The quantitative estimate of drug-likeness (QED) is 0.208. The highest BCUT2D eigenvalue weighted by Gasteiger charge is 2.24. The number of aromatic amines is 2. The molecule has 0 aliphatic rings. The van der Waals surface area contributed by atoms with E-state index in [0.29, 0.717) is 44.0 Å². The topological polar surface area (TPSA) is 108 Å². The van der Waals surface area contributed by atoms with Gasteiger partial charge in [-0.25, -0.2) is 9.97 Å². The van der Waals surface area contributed by atoms with Crippen molar-refractivity contribution in [3.63, 3.8) is 0 Å². The second-order valence-corrected chi connectivity index (χ2v) is 10.7. The van der Waals surface area contributed by atoms with Crippen molar-refractivity contribution in [1.29, 1.82) is 0 Å². The van der Waals surface area contributed by atoms with Gasteiger partial charge in [0.25, 0.3) is 5.56 Å². The Morgan fingerprint density at radius 1 is 0.905 bits per heavy atom. The molecule has 1 atom stereocenters. The van der Waals surface area contributed by atoms with Crippen LogP contribution < -0.4 is 16.3 Å². The summed E-state index contributed by atoms with van der Waals surface area (Å²) in [5, 5.41) is 6.37. The van der Waals surface area contributed by atoms with E-state index in [1.165, 1.54) is 12.4 Å². The first-order valence-electron chi connectivity index (χ1n) is 13.5. The van der Waals surface area contributed by atoms with Gasteiger partial charge in [-0.3, -0.25) is 14.2 Å². The number of H-pyrrole nitrogens is 2. The molecule has 3 N–H and O–H groups in total. The zero-order chi connectivity index (χ0) is 29.0. The molecule has 0 unspecified atom stereocenters. The second-order valence-electron chi connectivity index (χ2n) is 10.3. The number of hydrogen-bond acceptors (Lipinski definition) is 5. The summed E-state index contributed by atoms with van der Waals surface area (Å²) < 4.78 is 1.65. The Hall–Kier alpha value is -5.21. The molecule has 8 nitrogen and oxygen atoms in total. The Kier molecular flexibility index (Phi) is 6.13. The van der Waals surface area contributed by atoms with Gasteiger partial charge < -0.3 is 15.3 Å². The summed E-state index contributed by atoms with van der Waals surface area (Å²) in [5.74, 6) is 0.349. The van der Waals surface area contributed by atoms with Gasteiger partial charge in [-0.15, -0.1) is 0 Å². The third-order valence-corrected chi connectivity index (χ3v) is 8.11. The number of hydrogen-bond donors (Lipinski definition) is 3. The van der Waals surface area contributed by atoms with Gasteiger partial charge in [-0.1, -0.05) is 54.1 Å². The molecule has 4 heterocycles. The third kappa shape index (κ3) is 4.07. The zero-order valence-electron chi connectivity index (χ0n) is 22.8. The van der Waals surface area contributed by atoms with Crippen LogP contribution in [0.4, 0.5) is 5.82 Å². The van der Waals surface area contributed by atoms with Crippen molar-refractivity contribution in [2.45, 2.75) is 19.9 Å². The molecule has 0 aliphatic heterocycles. The largest absolute Gasteiger partial charge is 0.361 e. The summed E-state index contributed by atoms with van der Waals surface area (Å²) in [6, 6.07) is 22.2. The number of nitrogens with zero attached hydrogens (tertiary/aromatic N) is 3. The van der Waals surface area contributed by atoms with E-state index < -0.39 is 6.04 Å². The monoisotopic (exact) mass is 572 g/mol. The Labute approximate surface area is 244 Å². The Bertz CT molecular complexity index is 2260. The van der Waals surface area contributed by atoms with Crippen LogP contribution in [0, 0.1) is 6.92 Å². The van der Waals surface area contributed by atoms with E-state index in [1.807, 2.05) is 73.8 Å². The minimum absolute atomic E-state index is 0.198. The zero-order valence-corrected chi connectivity index (χ0v) is 23.5. The molecule has 0 aliphatic carbocycles. The number of fused-ring (bicyclic) bond motifs is 3. The molecular weight excluding hydrogens is 548 g/mol. The summed E-state index contributed by atoms with van der Waals surface area (Å²) in [5.41, 5.74) is 5.11. The summed E-state index contributed by atoms with van der Waals surface area (Å²) in [7, 11) is 0. The van der Waals surface area contributed by atoms with Crippen molar-refractivity contribution in [2.24, 2.45) is 0 Å². The van der Waals surface area contributed by atoms with Crippen LogP contribution in [0.1, 0.15) is 24.2 Å². The van der Waals surface area contributed by atoms with E-state index in [9.17, 15) is 9.59 Å². The number of rotatable bonds is 5. The van der Waals surface area contributed by atoms with Crippen molar-refractivity contribution >= 4 is 50.1 Å². The van der Waals surface area contributed by atoms with E-state index in [4.69, 9.17) is 11.6 Å². The van der Waals surface area contributed by atoms with E-state index in [1.54, 1.807) is 10.8 Å². The van der Waals surface area contributed by atoms with Crippen LogP contribution in [0.15, 0.2) is 101 Å². The average molecular weight is 573 g/mol. The van der Waals surface area contributed by atoms with Gasteiger partial charge in [0.2, 0.25) is 0 Å². The fourth-order valence-electron chi connectivity index (χ4n) is 5.70. The fraction of sp³-hybridized carbons (Fsp3) is 0.0909. The van der Waals surface area contributed by atoms with Crippen molar-refractivity contribution in [1.82, 2.24) is 24.5 Å². The minimum Gasteiger partial charge on any atom is -0.361 e. The summed E-state index contributed by atoms with van der Waals surface area (Å²) in [6.07, 6.45) is 4.91. The van der Waals surface area contributed by atoms with Gasteiger partial charge in [0.1, 0.15) is 23.2 Å². The van der Waals surface area contributed by atoms with Crippen LogP contribution >= 0.6 is 11.6 Å². The first kappa shape index (κ1) is 25.7. The molecule has 9 heteroatoms. The predicted molar refractivity (Wildman–Crippen MR) is 169 cm³/mol. The average Bonchev–Trinajstić information content (AvgIpc) is 3.38. The molecule has 0 saturated heterocycles. The van der Waals surface area contributed by atoms with Crippen LogP contribution in [0.3, 0.4) is 0 Å². The molecule has 0 amide bonds. The number of nitrogens with one attached hydrogen (secondary N) is 3. The molecule has 3 aromatic carbocycles. The number of anilines is 1. The molecule has 4 aromatic heterocycles. The maximum Gasteiger partial charge on any atom is 0.263 e. The normalized spacial score (nSPS) is 12.3. The number of pyridine rings is 2. The van der Waals surface area contributed by atoms with Gasteiger partial charge in [-0.2, -0.15) is 0 Å². The van der Waals surface area contributed by atoms with Gasteiger partial charge >= 0.3 is 0 Å². The third-order valence-electron chi connectivity index (χ3n) is 7.71. The second kappa shape index (κ2) is 10.0. The van der Waals surface area contributed by atoms with Crippen LogP contribution in [0.5, 0.6) is 0 Å². The van der Waals surface area contributed by atoms with Crippen molar-refractivity contribution in [3.05, 3.63) is 128 Å². The Morgan fingerprint density at radius 3 is 2.57 bits per heavy atom. The smallest absolute Gasteiger partial charge is 0.263 e. The maximum absolute atomic E-state index is 14.6. The lowest BCUT2D eigenvalue weighted by atomic mass is 9.96. The fourth-order valence-corrected chi connectivity index (χ4v) is 6.10. The lowest BCUT2D eigenvalue weighted by Gasteiger charge is -2.24. The molecule has 0 fully saturated rings. The van der Waals surface area contributed by atoms with Gasteiger partial charge in [0, 0.05) is 40.4 Å². The van der Waals surface area contributed by atoms with Crippen molar-refractivity contribution in [2.75, 3.05) is 5.32 Å². The first-order valence-corrected chi connectivity index (χ1v) is 13.9. The number of aryl methyl sites for hydroxylation is 1. The van der Waals surface area contributed by atoms with Crippen molar-refractivity contribution in [3.8, 4) is 16.8 Å². The highest BCUT2D eigenvalue weighted by atomic mass is 35.5. The molecule has 0 bridgehead atoms. The minimum atomic E-state index is -0.518. The van der Waals surface area contributed by atoms with Gasteiger partial charge in [0.15, 0.2) is 5.43 Å². The molecule has 0 spiro atoms. The predicted octanol–water partition coefficient (Wildman–Crippen LogP) is 6.91. The van der Waals surface area contributed by atoms with E-state index in [2.05, 4.69) is 38.2 Å². The summed E-state index contributed by atoms with van der Waals surface area (Å²) >= 11 is 7.24. The number of aromatic nitrogens is 5. The molecule has 42 heavy (non-hydrogen) atoms. The summed E-state index contributed by atoms with van der Waals surface area (Å²) in [4.78, 5) is 42.1. The SMILES string of the molecule is Cc1c[nH]c2ccc(-c3cccc4c(Cl)c([C@H](C)Nc5ncnc6[nH]ccc(=O)c56)n(-c5ccccc5)c(=O)c34)cc12. The number of benzene rings is 3. The lowest BCUT2D eigenvalue weighted by molar-refractivity contribution is 0.774. The first-order chi connectivity index (χ1) is 20.4. The maximum atomic E-state index is 14.6. The van der Waals surface area contributed by atoms with Gasteiger partial charge in [0.05, 0.1) is 22.1 Å². The highest BCUT2D eigenvalue weighted by Crippen LogP contribution is 2.37. The van der Waals surface area contributed by atoms with Crippen LogP contribution in [-0.2, 0) is 0 Å². The Balaban J connectivity index is 1.48. The summed E-state index contributed by atoms with van der Waals surface area (Å²) in [6.45, 7) is 3.95. The lowest BCUT2D eigenvalue weighted by Crippen LogP contribution is -2.27. The number of para-hydroxylation sites is 1. The van der Waals surface area contributed by atoms with Crippen LogP contribution in [-0.4, -0.2) is 24.5 Å². The Morgan fingerprint density at radius 2 is 1.74 bits per heavy atom. The van der Waals surface area contributed by atoms with E-state index in [0.717, 1.165) is 27.6 Å². The van der Waals surface area contributed by atoms with Crippen LogP contribution in [0.25, 0.3) is 49.5 Å². The van der Waals surface area contributed by atoms with E-state index in [-0.39, 0.29) is 11.0 Å². The van der Waals surface area contributed by atoms with Gasteiger partial charge in [-0.05, 0) is 54.8 Å². The number of halogens is 1. The standard InChI is InChI=1S/C33H25ClN6O2/c1-18-16-36-25-12-11-20(15-24(18)25)22-9-6-10-23-27(22)33(42)40(21-7-4-3-5-8-21)30(29(23)34)19(2)39-32-28-26(41)13-14-35-31(28)37-17-38-32/h3-17,19,36H,1-2H3,(H2,35,37,38,39,41)/t19-/m0/s1.